The van der Waals surface area contributed by atoms with Crippen LogP contribution >= 0.6 is 0 Å². The maximum Gasteiger partial charge on any atom is 0.228 e. The van der Waals surface area contributed by atoms with Gasteiger partial charge in [-0.05, 0) is 68.4 Å². The molecule has 1 aromatic carbocycles. The molecule has 0 unspecified atom stereocenters. The van der Waals surface area contributed by atoms with Gasteiger partial charge in [0, 0.05) is 33.2 Å². The molecular weight excluding hydrogens is 360 g/mol. The Balaban J connectivity index is 1.12. The lowest BCUT2D eigenvalue weighted by Gasteiger charge is -2.57. The SMILES string of the molecule is Cn1c(CN2CCN(C(=O)C34CC5CC(CC(C5)C3)C4)CC2)nc2ccccc21. The average molecular weight is 393 g/mol. The van der Waals surface area contributed by atoms with Crippen molar-refractivity contribution in [3.63, 3.8) is 0 Å². The van der Waals surface area contributed by atoms with Gasteiger partial charge in [0.05, 0.1) is 23.0 Å². The molecule has 0 atom stereocenters. The van der Waals surface area contributed by atoms with E-state index in [2.05, 4.69) is 39.6 Å². The third-order valence-corrected chi connectivity index (χ3v) is 8.40. The number of aryl methyl sites for hydroxylation is 1. The van der Waals surface area contributed by atoms with E-state index in [-0.39, 0.29) is 5.41 Å². The van der Waals surface area contributed by atoms with E-state index in [1.807, 2.05) is 6.07 Å². The van der Waals surface area contributed by atoms with Gasteiger partial charge in [-0.25, -0.2) is 4.98 Å². The third kappa shape index (κ3) is 2.92. The van der Waals surface area contributed by atoms with Gasteiger partial charge in [-0.15, -0.1) is 0 Å². The molecule has 154 valence electrons. The van der Waals surface area contributed by atoms with Crippen molar-refractivity contribution < 1.29 is 4.79 Å². The van der Waals surface area contributed by atoms with Crippen LogP contribution in [0.25, 0.3) is 11.0 Å². The van der Waals surface area contributed by atoms with E-state index in [0.29, 0.717) is 5.91 Å². The van der Waals surface area contributed by atoms with Gasteiger partial charge in [-0.3, -0.25) is 9.69 Å². The van der Waals surface area contributed by atoms with Crippen molar-refractivity contribution in [2.24, 2.45) is 30.2 Å². The topological polar surface area (TPSA) is 41.4 Å². The minimum absolute atomic E-state index is 0.00825. The number of rotatable bonds is 3. The zero-order valence-electron chi connectivity index (χ0n) is 17.5. The lowest BCUT2D eigenvalue weighted by atomic mass is 9.49. The Morgan fingerprint density at radius 1 is 1.00 bits per heavy atom. The predicted molar refractivity (Wildman–Crippen MR) is 113 cm³/mol. The molecule has 4 aliphatic carbocycles. The Kier molecular flexibility index (Phi) is 4.06. The molecule has 5 nitrogen and oxygen atoms in total. The van der Waals surface area contributed by atoms with Crippen molar-refractivity contribution in [3.8, 4) is 0 Å². The molecule has 7 rings (SSSR count). The molecule has 1 aliphatic heterocycles. The molecule has 2 heterocycles. The summed E-state index contributed by atoms with van der Waals surface area (Å²) in [7, 11) is 2.11. The fourth-order valence-electron chi connectivity index (χ4n) is 7.35. The number of hydrogen-bond donors (Lipinski definition) is 0. The number of para-hydroxylation sites is 2. The van der Waals surface area contributed by atoms with E-state index in [1.165, 1.54) is 44.0 Å². The number of amides is 1. The molecule has 4 saturated carbocycles. The highest BCUT2D eigenvalue weighted by Crippen LogP contribution is 2.60. The first-order chi connectivity index (χ1) is 14.1. The Hall–Kier alpha value is -1.88. The molecule has 5 fully saturated rings. The smallest absolute Gasteiger partial charge is 0.228 e. The van der Waals surface area contributed by atoms with Crippen LogP contribution in [0.5, 0.6) is 0 Å². The molecule has 5 heteroatoms. The predicted octanol–water partition coefficient (Wildman–Crippen LogP) is 3.43. The summed E-state index contributed by atoms with van der Waals surface area (Å²) in [5.41, 5.74) is 2.27. The molecule has 4 bridgehead atoms. The average Bonchev–Trinajstić information content (AvgIpc) is 3.03. The minimum atomic E-state index is 0.00825. The Morgan fingerprint density at radius 3 is 2.24 bits per heavy atom. The molecule has 2 aromatic rings. The van der Waals surface area contributed by atoms with E-state index in [0.717, 1.165) is 61.8 Å². The molecule has 29 heavy (non-hydrogen) atoms. The Bertz CT molecular complexity index is 904. The van der Waals surface area contributed by atoms with Gasteiger partial charge in [-0.2, -0.15) is 0 Å². The number of fused-ring (bicyclic) bond motifs is 1. The second-order valence-electron chi connectivity index (χ2n) is 10.3. The van der Waals surface area contributed by atoms with Crippen LogP contribution in [-0.4, -0.2) is 51.4 Å². The van der Waals surface area contributed by atoms with Crippen molar-refractivity contribution in [2.75, 3.05) is 26.2 Å². The zero-order chi connectivity index (χ0) is 19.6. The number of imidazole rings is 1. The van der Waals surface area contributed by atoms with Gasteiger partial charge < -0.3 is 9.47 Å². The fraction of sp³-hybridized carbons (Fsp3) is 0.667. The summed E-state index contributed by atoms with van der Waals surface area (Å²) < 4.78 is 2.21. The second-order valence-corrected chi connectivity index (χ2v) is 10.3. The van der Waals surface area contributed by atoms with Crippen molar-refractivity contribution in [2.45, 2.75) is 45.1 Å². The monoisotopic (exact) mass is 392 g/mol. The number of piperazine rings is 1. The first-order valence-electron chi connectivity index (χ1n) is 11.5. The molecule has 0 spiro atoms. The molecule has 1 amide bonds. The van der Waals surface area contributed by atoms with Crippen LogP contribution in [0, 0.1) is 23.2 Å². The van der Waals surface area contributed by atoms with E-state index in [9.17, 15) is 4.79 Å². The van der Waals surface area contributed by atoms with Gasteiger partial charge in [0.1, 0.15) is 5.82 Å². The summed E-state index contributed by atoms with van der Waals surface area (Å²) >= 11 is 0. The van der Waals surface area contributed by atoms with Crippen molar-refractivity contribution >= 4 is 16.9 Å². The number of carbonyl (C=O) groups excluding carboxylic acids is 1. The van der Waals surface area contributed by atoms with E-state index in [1.54, 1.807) is 0 Å². The summed E-state index contributed by atoms with van der Waals surface area (Å²) in [5.74, 6) is 4.13. The van der Waals surface area contributed by atoms with E-state index >= 15 is 0 Å². The standard InChI is InChI=1S/C24H32N4O/c1-26-21-5-3-2-4-20(21)25-22(26)16-27-6-8-28(9-7-27)23(29)24-13-17-10-18(14-24)12-19(11-17)15-24/h2-5,17-19H,6-16H2,1H3. The number of nitrogens with zero attached hydrogens (tertiary/aromatic N) is 4. The van der Waals surface area contributed by atoms with Crippen LogP contribution in [0.2, 0.25) is 0 Å². The first-order valence-corrected chi connectivity index (χ1v) is 11.5. The Labute approximate surface area is 173 Å². The van der Waals surface area contributed by atoms with Gasteiger partial charge in [-0.1, -0.05) is 12.1 Å². The summed E-state index contributed by atoms with van der Waals surface area (Å²) in [6, 6.07) is 8.34. The van der Waals surface area contributed by atoms with E-state index in [4.69, 9.17) is 4.98 Å². The highest BCUT2D eigenvalue weighted by molar-refractivity contribution is 5.83. The largest absolute Gasteiger partial charge is 0.340 e. The lowest BCUT2D eigenvalue weighted by molar-refractivity contribution is -0.159. The van der Waals surface area contributed by atoms with Crippen LogP contribution in [0.3, 0.4) is 0 Å². The molecule has 0 radical (unpaired) electrons. The molecule has 0 N–H and O–H groups in total. The maximum atomic E-state index is 13.6. The van der Waals surface area contributed by atoms with Crippen molar-refractivity contribution in [1.82, 2.24) is 19.4 Å². The van der Waals surface area contributed by atoms with Crippen LogP contribution in [0.1, 0.15) is 44.3 Å². The number of carbonyl (C=O) groups is 1. The quantitative estimate of drug-likeness (QED) is 0.804. The second kappa shape index (κ2) is 6.56. The number of aromatic nitrogens is 2. The van der Waals surface area contributed by atoms with Crippen LogP contribution < -0.4 is 0 Å². The maximum absolute atomic E-state index is 13.6. The lowest BCUT2D eigenvalue weighted by Crippen LogP contribution is -2.58. The molecule has 1 saturated heterocycles. The van der Waals surface area contributed by atoms with Crippen LogP contribution in [0.15, 0.2) is 24.3 Å². The van der Waals surface area contributed by atoms with Gasteiger partial charge in [0.15, 0.2) is 0 Å². The van der Waals surface area contributed by atoms with Gasteiger partial charge >= 0.3 is 0 Å². The molecule has 1 aromatic heterocycles. The first kappa shape index (κ1) is 17.9. The van der Waals surface area contributed by atoms with Gasteiger partial charge in [0.2, 0.25) is 5.91 Å². The summed E-state index contributed by atoms with van der Waals surface area (Å²) in [4.78, 5) is 23.1. The number of benzene rings is 1. The molecule has 5 aliphatic rings. The molecular formula is C24H32N4O. The highest BCUT2D eigenvalue weighted by atomic mass is 16.2. The van der Waals surface area contributed by atoms with Gasteiger partial charge in [0.25, 0.3) is 0 Å². The van der Waals surface area contributed by atoms with E-state index < -0.39 is 0 Å². The third-order valence-electron chi connectivity index (χ3n) is 8.40. The normalized spacial score (nSPS) is 34.2. The summed E-state index contributed by atoms with van der Waals surface area (Å²) in [5, 5.41) is 0. The summed E-state index contributed by atoms with van der Waals surface area (Å²) in [6.45, 7) is 4.54. The van der Waals surface area contributed by atoms with Crippen LogP contribution in [0.4, 0.5) is 0 Å². The van der Waals surface area contributed by atoms with Crippen molar-refractivity contribution in [3.05, 3.63) is 30.1 Å². The Morgan fingerprint density at radius 2 is 1.62 bits per heavy atom. The van der Waals surface area contributed by atoms with Crippen LogP contribution in [-0.2, 0) is 18.4 Å². The fourth-order valence-corrected chi connectivity index (χ4v) is 7.35. The highest BCUT2D eigenvalue weighted by Gasteiger charge is 2.55. The minimum Gasteiger partial charge on any atom is -0.340 e. The summed E-state index contributed by atoms with van der Waals surface area (Å²) in [6.07, 6.45) is 7.74. The zero-order valence-corrected chi connectivity index (χ0v) is 17.5. The number of hydrogen-bond acceptors (Lipinski definition) is 3. The van der Waals surface area contributed by atoms with Crippen molar-refractivity contribution in [1.29, 1.82) is 0 Å².